The number of nitrogens with zero attached hydrogens (tertiary/aromatic N) is 3. The largest absolute Gasteiger partial charge is 0.393 e. The van der Waals surface area contributed by atoms with Gasteiger partial charge in [-0.2, -0.15) is 10.2 Å². The number of hydrogen-bond acceptors (Lipinski definition) is 7. The summed E-state index contributed by atoms with van der Waals surface area (Å²) in [6, 6.07) is 2.51. The summed E-state index contributed by atoms with van der Waals surface area (Å²) >= 11 is 0. The van der Waals surface area contributed by atoms with Crippen molar-refractivity contribution in [3.8, 4) is 6.07 Å². The summed E-state index contributed by atoms with van der Waals surface area (Å²) in [5.74, 6) is 1.04. The molecule has 0 aliphatic heterocycles. The monoisotopic (exact) mass is 331 g/mol. The molecule has 3 rings (SSSR count). The summed E-state index contributed by atoms with van der Waals surface area (Å²) in [5.41, 5.74) is 0.416. The van der Waals surface area contributed by atoms with Gasteiger partial charge in [0, 0.05) is 12.1 Å². The van der Waals surface area contributed by atoms with E-state index in [1.54, 1.807) is 0 Å². The highest BCUT2D eigenvalue weighted by Crippen LogP contribution is 2.25. The molecule has 1 aromatic rings. The van der Waals surface area contributed by atoms with E-state index >= 15 is 0 Å². The molecule has 2 fully saturated rings. The average molecular weight is 331 g/mol. The van der Waals surface area contributed by atoms with Crippen LogP contribution in [0.15, 0.2) is 6.20 Å². The van der Waals surface area contributed by atoms with Crippen molar-refractivity contribution in [3.05, 3.63) is 11.8 Å². The Bertz CT molecular complexity index is 595. The molecular formula is C17H25N5O2. The SMILES string of the molecule is N#Cc1cnc(NC2CCC(O)CC2)nc1N[C@@H]1CCC[C@H](O)C1. The third-order valence-electron chi connectivity index (χ3n) is 4.93. The van der Waals surface area contributed by atoms with Gasteiger partial charge < -0.3 is 20.8 Å². The summed E-state index contributed by atoms with van der Waals surface area (Å²) in [4.78, 5) is 8.71. The molecule has 0 amide bonds. The highest BCUT2D eigenvalue weighted by molar-refractivity contribution is 5.54. The molecule has 0 bridgehead atoms. The molecule has 2 aliphatic carbocycles. The number of nitriles is 1. The number of aromatic nitrogens is 2. The van der Waals surface area contributed by atoms with Crippen molar-refractivity contribution in [1.29, 1.82) is 5.26 Å². The molecule has 0 spiro atoms. The minimum absolute atomic E-state index is 0.133. The fourth-order valence-corrected chi connectivity index (χ4v) is 3.53. The highest BCUT2D eigenvalue weighted by atomic mass is 16.3. The lowest BCUT2D eigenvalue weighted by Crippen LogP contribution is -2.31. The first-order chi connectivity index (χ1) is 11.6. The first-order valence-electron chi connectivity index (χ1n) is 8.80. The van der Waals surface area contributed by atoms with Crippen molar-refractivity contribution >= 4 is 11.8 Å². The van der Waals surface area contributed by atoms with E-state index in [0.717, 1.165) is 44.9 Å². The van der Waals surface area contributed by atoms with E-state index in [9.17, 15) is 15.5 Å². The van der Waals surface area contributed by atoms with Crippen molar-refractivity contribution < 1.29 is 10.2 Å². The van der Waals surface area contributed by atoms with Gasteiger partial charge in [-0.15, -0.1) is 0 Å². The van der Waals surface area contributed by atoms with Gasteiger partial charge in [0.05, 0.1) is 18.4 Å². The van der Waals surface area contributed by atoms with Gasteiger partial charge in [0.1, 0.15) is 17.5 Å². The van der Waals surface area contributed by atoms with Gasteiger partial charge in [-0.1, -0.05) is 0 Å². The molecule has 130 valence electrons. The Hall–Kier alpha value is -1.91. The molecule has 2 saturated carbocycles. The Morgan fingerprint density at radius 1 is 1.00 bits per heavy atom. The lowest BCUT2D eigenvalue weighted by atomic mass is 9.93. The fraction of sp³-hybridized carbons (Fsp3) is 0.706. The third-order valence-corrected chi connectivity index (χ3v) is 4.93. The Morgan fingerprint density at radius 3 is 2.50 bits per heavy atom. The van der Waals surface area contributed by atoms with E-state index in [0.29, 0.717) is 23.8 Å². The summed E-state index contributed by atoms with van der Waals surface area (Å²) in [5, 5.41) is 35.3. The van der Waals surface area contributed by atoms with Crippen molar-refractivity contribution in [1.82, 2.24) is 9.97 Å². The van der Waals surface area contributed by atoms with Crippen LogP contribution in [0.25, 0.3) is 0 Å². The van der Waals surface area contributed by atoms with Gasteiger partial charge in [0.2, 0.25) is 5.95 Å². The lowest BCUT2D eigenvalue weighted by molar-refractivity contribution is 0.124. The molecule has 0 saturated heterocycles. The number of hydrogen-bond donors (Lipinski definition) is 4. The van der Waals surface area contributed by atoms with Crippen LogP contribution in [0, 0.1) is 11.3 Å². The van der Waals surface area contributed by atoms with Crippen LogP contribution in [0.4, 0.5) is 11.8 Å². The smallest absolute Gasteiger partial charge is 0.224 e. The molecule has 24 heavy (non-hydrogen) atoms. The van der Waals surface area contributed by atoms with Crippen LogP contribution in [0.2, 0.25) is 0 Å². The second-order valence-electron chi connectivity index (χ2n) is 6.88. The molecule has 1 heterocycles. The fourth-order valence-electron chi connectivity index (χ4n) is 3.53. The number of nitrogens with one attached hydrogen (secondary N) is 2. The maximum Gasteiger partial charge on any atom is 0.224 e. The van der Waals surface area contributed by atoms with E-state index in [1.165, 1.54) is 6.20 Å². The van der Waals surface area contributed by atoms with Crippen LogP contribution in [0.1, 0.15) is 56.9 Å². The number of anilines is 2. The third kappa shape index (κ3) is 4.34. The maximum absolute atomic E-state index is 9.81. The van der Waals surface area contributed by atoms with E-state index < -0.39 is 0 Å². The molecule has 2 atom stereocenters. The zero-order valence-corrected chi connectivity index (χ0v) is 13.8. The molecule has 7 nitrogen and oxygen atoms in total. The molecule has 2 aliphatic rings. The molecule has 0 unspecified atom stereocenters. The van der Waals surface area contributed by atoms with E-state index in [-0.39, 0.29) is 24.3 Å². The Labute approximate surface area is 142 Å². The van der Waals surface area contributed by atoms with Gasteiger partial charge in [0.25, 0.3) is 0 Å². The van der Waals surface area contributed by atoms with Crippen LogP contribution >= 0.6 is 0 Å². The Kier molecular flexibility index (Phi) is 5.48. The van der Waals surface area contributed by atoms with Crippen molar-refractivity contribution in [2.75, 3.05) is 10.6 Å². The summed E-state index contributed by atoms with van der Waals surface area (Å²) in [6.07, 6.45) is 7.88. The standard InChI is InChI=1S/C17H25N5O2/c18-9-11-10-19-17(21-12-4-6-14(23)7-5-12)22-16(11)20-13-2-1-3-15(24)8-13/h10,12-15,23-24H,1-8H2,(H2,19,20,21,22)/t12?,13-,14?,15+/m1/s1. The first-order valence-corrected chi connectivity index (χ1v) is 8.80. The Balaban J connectivity index is 1.67. The van der Waals surface area contributed by atoms with Gasteiger partial charge in [-0.05, 0) is 51.4 Å². The molecule has 7 heteroatoms. The minimum atomic E-state index is -0.283. The molecule has 4 N–H and O–H groups in total. The maximum atomic E-state index is 9.81. The van der Waals surface area contributed by atoms with Gasteiger partial charge in [-0.25, -0.2) is 4.98 Å². The highest BCUT2D eigenvalue weighted by Gasteiger charge is 2.23. The molecule has 1 aromatic heterocycles. The van der Waals surface area contributed by atoms with Crippen molar-refractivity contribution in [2.45, 2.75) is 75.7 Å². The summed E-state index contributed by atoms with van der Waals surface area (Å²) < 4.78 is 0. The summed E-state index contributed by atoms with van der Waals surface area (Å²) in [6.45, 7) is 0. The zero-order valence-electron chi connectivity index (χ0n) is 13.8. The number of rotatable bonds is 4. The quantitative estimate of drug-likeness (QED) is 0.665. The zero-order chi connectivity index (χ0) is 16.9. The average Bonchev–Trinajstić information content (AvgIpc) is 2.57. The second kappa shape index (κ2) is 7.77. The number of aliphatic hydroxyl groups is 2. The summed E-state index contributed by atoms with van der Waals surface area (Å²) in [7, 11) is 0. The van der Waals surface area contributed by atoms with Gasteiger partial charge in [-0.3, -0.25) is 0 Å². The predicted molar refractivity (Wildman–Crippen MR) is 90.5 cm³/mol. The Morgan fingerprint density at radius 2 is 1.79 bits per heavy atom. The van der Waals surface area contributed by atoms with Crippen LogP contribution in [-0.2, 0) is 0 Å². The topological polar surface area (TPSA) is 114 Å². The minimum Gasteiger partial charge on any atom is -0.393 e. The molecule has 0 aromatic carbocycles. The van der Waals surface area contributed by atoms with E-state index in [1.807, 2.05) is 0 Å². The molecular weight excluding hydrogens is 306 g/mol. The normalized spacial score (nSPS) is 30.4. The van der Waals surface area contributed by atoms with Gasteiger partial charge in [0.15, 0.2) is 0 Å². The van der Waals surface area contributed by atoms with Crippen molar-refractivity contribution in [2.24, 2.45) is 0 Å². The first kappa shape index (κ1) is 16.9. The van der Waals surface area contributed by atoms with E-state index in [4.69, 9.17) is 0 Å². The van der Waals surface area contributed by atoms with Gasteiger partial charge >= 0.3 is 0 Å². The van der Waals surface area contributed by atoms with Crippen LogP contribution in [0.3, 0.4) is 0 Å². The lowest BCUT2D eigenvalue weighted by Gasteiger charge is -2.28. The number of aliphatic hydroxyl groups excluding tert-OH is 2. The second-order valence-corrected chi connectivity index (χ2v) is 6.88. The molecule has 0 radical (unpaired) electrons. The predicted octanol–water partition coefficient (Wildman–Crippen LogP) is 1.78. The van der Waals surface area contributed by atoms with Crippen LogP contribution < -0.4 is 10.6 Å². The van der Waals surface area contributed by atoms with Crippen molar-refractivity contribution in [3.63, 3.8) is 0 Å². The van der Waals surface area contributed by atoms with Crippen LogP contribution in [-0.4, -0.2) is 44.5 Å². The van der Waals surface area contributed by atoms with E-state index in [2.05, 4.69) is 26.7 Å². The van der Waals surface area contributed by atoms with Crippen LogP contribution in [0.5, 0.6) is 0 Å².